The highest BCUT2D eigenvalue weighted by molar-refractivity contribution is 5.12. The van der Waals surface area contributed by atoms with Gasteiger partial charge < -0.3 is 15.2 Å². The Balaban J connectivity index is 2.13. The van der Waals surface area contributed by atoms with Crippen molar-refractivity contribution in [1.29, 1.82) is 0 Å². The SMILES string of the molecule is COCCOCC(N)C1=CCCCC1. The number of nitrogens with two attached hydrogens (primary N) is 1. The van der Waals surface area contributed by atoms with Crippen molar-refractivity contribution >= 4 is 0 Å². The summed E-state index contributed by atoms with van der Waals surface area (Å²) < 4.78 is 10.3. The first-order valence-electron chi connectivity index (χ1n) is 5.36. The highest BCUT2D eigenvalue weighted by Gasteiger charge is 2.11. The van der Waals surface area contributed by atoms with E-state index < -0.39 is 0 Å². The quantitative estimate of drug-likeness (QED) is 0.520. The lowest BCUT2D eigenvalue weighted by Gasteiger charge is -2.19. The molecule has 1 aliphatic rings. The Hall–Kier alpha value is -0.380. The second-order valence-corrected chi connectivity index (χ2v) is 3.70. The largest absolute Gasteiger partial charge is 0.382 e. The average Bonchev–Trinajstić information content (AvgIpc) is 2.25. The number of methoxy groups -OCH3 is 1. The Bertz CT molecular complexity index is 180. The van der Waals surface area contributed by atoms with Crippen LogP contribution < -0.4 is 5.73 Å². The molecule has 1 rings (SSSR count). The minimum Gasteiger partial charge on any atom is -0.382 e. The van der Waals surface area contributed by atoms with Gasteiger partial charge in [-0.3, -0.25) is 0 Å². The van der Waals surface area contributed by atoms with Gasteiger partial charge in [0.05, 0.1) is 19.8 Å². The van der Waals surface area contributed by atoms with Crippen molar-refractivity contribution in [2.45, 2.75) is 31.7 Å². The van der Waals surface area contributed by atoms with Crippen molar-refractivity contribution in [3.05, 3.63) is 11.6 Å². The predicted octanol–water partition coefficient (Wildman–Crippen LogP) is 1.48. The Kier molecular flexibility index (Phi) is 5.83. The van der Waals surface area contributed by atoms with E-state index in [2.05, 4.69) is 6.08 Å². The zero-order valence-corrected chi connectivity index (χ0v) is 9.00. The summed E-state index contributed by atoms with van der Waals surface area (Å²) in [6.07, 6.45) is 7.18. The van der Waals surface area contributed by atoms with Gasteiger partial charge >= 0.3 is 0 Å². The van der Waals surface area contributed by atoms with E-state index in [1.807, 2.05) is 0 Å². The van der Waals surface area contributed by atoms with E-state index in [1.54, 1.807) is 7.11 Å². The highest BCUT2D eigenvalue weighted by Crippen LogP contribution is 2.19. The van der Waals surface area contributed by atoms with Gasteiger partial charge in [0.25, 0.3) is 0 Å². The molecule has 0 bridgehead atoms. The summed E-state index contributed by atoms with van der Waals surface area (Å²) in [5, 5.41) is 0. The highest BCUT2D eigenvalue weighted by atomic mass is 16.5. The molecular weight excluding hydrogens is 178 g/mol. The molecule has 2 N–H and O–H groups in total. The van der Waals surface area contributed by atoms with Crippen LogP contribution in [0.5, 0.6) is 0 Å². The van der Waals surface area contributed by atoms with Crippen LogP contribution in [0.15, 0.2) is 11.6 Å². The van der Waals surface area contributed by atoms with Crippen molar-refractivity contribution in [1.82, 2.24) is 0 Å². The second-order valence-electron chi connectivity index (χ2n) is 3.70. The Labute approximate surface area is 86.3 Å². The molecule has 0 aromatic heterocycles. The third kappa shape index (κ3) is 4.22. The van der Waals surface area contributed by atoms with Crippen LogP contribution in [0.2, 0.25) is 0 Å². The molecule has 14 heavy (non-hydrogen) atoms. The van der Waals surface area contributed by atoms with E-state index in [4.69, 9.17) is 15.2 Å². The Morgan fingerprint density at radius 2 is 2.29 bits per heavy atom. The van der Waals surface area contributed by atoms with Crippen LogP contribution in [0.4, 0.5) is 0 Å². The molecule has 0 fully saturated rings. The summed E-state index contributed by atoms with van der Waals surface area (Å²) in [4.78, 5) is 0. The van der Waals surface area contributed by atoms with Crippen LogP contribution in [0.1, 0.15) is 25.7 Å². The fourth-order valence-corrected chi connectivity index (χ4v) is 1.66. The third-order valence-electron chi connectivity index (χ3n) is 2.53. The van der Waals surface area contributed by atoms with Crippen LogP contribution in [-0.2, 0) is 9.47 Å². The normalized spacial score (nSPS) is 19.1. The van der Waals surface area contributed by atoms with Gasteiger partial charge in [0.15, 0.2) is 0 Å². The summed E-state index contributed by atoms with van der Waals surface area (Å²) in [7, 11) is 1.67. The molecule has 82 valence electrons. The topological polar surface area (TPSA) is 44.5 Å². The smallest absolute Gasteiger partial charge is 0.0701 e. The average molecular weight is 199 g/mol. The number of hydrogen-bond donors (Lipinski definition) is 1. The van der Waals surface area contributed by atoms with E-state index in [-0.39, 0.29) is 6.04 Å². The van der Waals surface area contributed by atoms with Gasteiger partial charge in [-0.05, 0) is 25.7 Å². The molecule has 0 radical (unpaired) electrons. The fourth-order valence-electron chi connectivity index (χ4n) is 1.66. The molecule has 1 aliphatic carbocycles. The van der Waals surface area contributed by atoms with Crippen LogP contribution in [0.3, 0.4) is 0 Å². The van der Waals surface area contributed by atoms with E-state index in [1.165, 1.54) is 24.8 Å². The summed E-state index contributed by atoms with van der Waals surface area (Å²) >= 11 is 0. The molecule has 1 atom stereocenters. The molecule has 3 nitrogen and oxygen atoms in total. The zero-order chi connectivity index (χ0) is 10.2. The number of hydrogen-bond acceptors (Lipinski definition) is 3. The third-order valence-corrected chi connectivity index (χ3v) is 2.53. The standard InChI is InChI=1S/C11H21NO2/c1-13-7-8-14-9-11(12)10-5-3-2-4-6-10/h5,11H,2-4,6-9,12H2,1H3. The van der Waals surface area contributed by atoms with Gasteiger partial charge in [-0.15, -0.1) is 0 Å². The van der Waals surface area contributed by atoms with Crippen molar-refractivity contribution < 1.29 is 9.47 Å². The van der Waals surface area contributed by atoms with E-state index in [9.17, 15) is 0 Å². The molecule has 0 amide bonds. The molecule has 0 aromatic carbocycles. The van der Waals surface area contributed by atoms with E-state index in [0.29, 0.717) is 19.8 Å². The fraction of sp³-hybridized carbons (Fsp3) is 0.818. The molecular formula is C11H21NO2. The first-order valence-corrected chi connectivity index (χ1v) is 5.36. The van der Waals surface area contributed by atoms with E-state index in [0.717, 1.165) is 6.42 Å². The minimum atomic E-state index is 0.0900. The molecule has 0 aromatic rings. The molecule has 0 saturated heterocycles. The van der Waals surface area contributed by atoms with Gasteiger partial charge in [-0.2, -0.15) is 0 Å². The maximum absolute atomic E-state index is 6.00. The maximum atomic E-state index is 6.00. The van der Waals surface area contributed by atoms with Crippen molar-refractivity contribution in [2.24, 2.45) is 5.73 Å². The summed E-state index contributed by atoms with van der Waals surface area (Å²) in [6, 6.07) is 0.0900. The van der Waals surface area contributed by atoms with E-state index >= 15 is 0 Å². The lowest BCUT2D eigenvalue weighted by atomic mass is 9.95. The second kappa shape index (κ2) is 6.98. The lowest BCUT2D eigenvalue weighted by Crippen LogP contribution is -2.29. The number of allylic oxidation sites excluding steroid dienone is 1. The molecule has 3 heteroatoms. The Morgan fingerprint density at radius 1 is 1.43 bits per heavy atom. The van der Waals surface area contributed by atoms with Crippen LogP contribution >= 0.6 is 0 Å². The lowest BCUT2D eigenvalue weighted by molar-refractivity contribution is 0.0668. The Morgan fingerprint density at radius 3 is 2.93 bits per heavy atom. The first-order chi connectivity index (χ1) is 6.84. The summed E-state index contributed by atoms with van der Waals surface area (Å²) in [5.74, 6) is 0. The molecule has 0 spiro atoms. The molecule has 0 saturated carbocycles. The first kappa shape index (κ1) is 11.7. The maximum Gasteiger partial charge on any atom is 0.0701 e. The van der Waals surface area contributed by atoms with Crippen LogP contribution in [-0.4, -0.2) is 33.0 Å². The molecule has 1 unspecified atom stereocenters. The number of rotatable bonds is 6. The van der Waals surface area contributed by atoms with Crippen LogP contribution in [0.25, 0.3) is 0 Å². The van der Waals surface area contributed by atoms with Gasteiger partial charge in [0.1, 0.15) is 0 Å². The van der Waals surface area contributed by atoms with Crippen molar-refractivity contribution in [3.8, 4) is 0 Å². The summed E-state index contributed by atoms with van der Waals surface area (Å²) in [5.41, 5.74) is 7.37. The van der Waals surface area contributed by atoms with Gasteiger partial charge in [-0.1, -0.05) is 11.6 Å². The van der Waals surface area contributed by atoms with Crippen LogP contribution in [0, 0.1) is 0 Å². The van der Waals surface area contributed by atoms with Crippen molar-refractivity contribution in [2.75, 3.05) is 26.9 Å². The minimum absolute atomic E-state index is 0.0900. The van der Waals surface area contributed by atoms with Gasteiger partial charge in [-0.25, -0.2) is 0 Å². The molecule has 0 heterocycles. The number of ether oxygens (including phenoxy) is 2. The van der Waals surface area contributed by atoms with Gasteiger partial charge in [0.2, 0.25) is 0 Å². The van der Waals surface area contributed by atoms with Crippen molar-refractivity contribution in [3.63, 3.8) is 0 Å². The zero-order valence-electron chi connectivity index (χ0n) is 9.00. The summed E-state index contributed by atoms with van der Waals surface area (Å²) in [6.45, 7) is 1.90. The van der Waals surface area contributed by atoms with Gasteiger partial charge in [0, 0.05) is 13.2 Å². The monoisotopic (exact) mass is 199 g/mol. The molecule has 0 aliphatic heterocycles. The predicted molar refractivity (Wildman–Crippen MR) is 57.2 cm³/mol.